The third kappa shape index (κ3) is 6.97. The van der Waals surface area contributed by atoms with Crippen LogP contribution in [0.4, 0.5) is 0 Å². The predicted molar refractivity (Wildman–Crippen MR) is 112 cm³/mol. The van der Waals surface area contributed by atoms with Gasteiger partial charge in [0.1, 0.15) is 0 Å². The zero-order valence-electron chi connectivity index (χ0n) is 14.7. The molecule has 23 heavy (non-hydrogen) atoms. The second kappa shape index (κ2) is 10.5. The molecule has 1 aromatic heterocycles. The summed E-state index contributed by atoms with van der Waals surface area (Å²) in [6.45, 7) is 7.07. The van der Waals surface area contributed by atoms with Gasteiger partial charge in [-0.25, -0.2) is 0 Å². The van der Waals surface area contributed by atoms with Crippen LogP contribution in [0.3, 0.4) is 0 Å². The molecule has 2 atom stereocenters. The minimum atomic E-state index is 0. The molecule has 0 amide bonds. The van der Waals surface area contributed by atoms with Crippen LogP contribution in [-0.2, 0) is 0 Å². The number of thiophene rings is 1. The summed E-state index contributed by atoms with van der Waals surface area (Å²) in [6, 6.07) is 4.90. The average molecular weight is 450 g/mol. The van der Waals surface area contributed by atoms with Crippen molar-refractivity contribution in [2.24, 2.45) is 10.9 Å². The van der Waals surface area contributed by atoms with Gasteiger partial charge in [0, 0.05) is 29.9 Å². The van der Waals surface area contributed by atoms with Crippen LogP contribution in [0.5, 0.6) is 0 Å². The quantitative estimate of drug-likeness (QED) is 0.363. The third-order valence-corrected chi connectivity index (χ3v) is 5.32. The fourth-order valence-electron chi connectivity index (χ4n) is 2.66. The van der Waals surface area contributed by atoms with E-state index in [-0.39, 0.29) is 24.0 Å². The van der Waals surface area contributed by atoms with Gasteiger partial charge in [-0.15, -0.1) is 35.3 Å². The number of nitrogens with one attached hydrogen (secondary N) is 2. The molecule has 1 aliphatic carbocycles. The topological polar surface area (TPSA) is 39.7 Å². The maximum atomic E-state index is 4.81. The first-order valence-electron chi connectivity index (χ1n) is 8.33. The normalized spacial score (nSPS) is 17.5. The number of hydrogen-bond acceptors (Lipinski definition) is 3. The van der Waals surface area contributed by atoms with Crippen molar-refractivity contribution >= 4 is 41.3 Å². The minimum absolute atomic E-state index is 0. The fourth-order valence-corrected chi connectivity index (χ4v) is 3.45. The Morgan fingerprint density at radius 1 is 1.39 bits per heavy atom. The summed E-state index contributed by atoms with van der Waals surface area (Å²) in [5.41, 5.74) is 0. The van der Waals surface area contributed by atoms with Crippen LogP contribution < -0.4 is 10.6 Å². The third-order valence-electron chi connectivity index (χ3n) is 4.21. The highest BCUT2D eigenvalue weighted by Crippen LogP contribution is 2.34. The molecule has 1 heterocycles. The lowest BCUT2D eigenvalue weighted by molar-refractivity contribution is 0.271. The Kier molecular flexibility index (Phi) is 9.46. The standard InChI is InChI=1S/C17H30N4S.HI/c1-5-18-17(19-11-13(2)16-7-6-10-22-16)20-12-15(21(3)4)14-8-9-14;/h6-7,10,13-15H,5,8-9,11-12H2,1-4H3,(H2,18,19,20);1H. The lowest BCUT2D eigenvalue weighted by Gasteiger charge is -2.23. The van der Waals surface area contributed by atoms with E-state index >= 15 is 0 Å². The van der Waals surface area contributed by atoms with Gasteiger partial charge in [-0.1, -0.05) is 13.0 Å². The molecule has 4 nitrogen and oxygen atoms in total. The van der Waals surface area contributed by atoms with Crippen molar-refractivity contribution in [1.82, 2.24) is 15.5 Å². The summed E-state index contributed by atoms with van der Waals surface area (Å²) in [6.07, 6.45) is 2.72. The zero-order valence-corrected chi connectivity index (χ0v) is 17.9. The highest BCUT2D eigenvalue weighted by atomic mass is 127. The number of guanidine groups is 1. The van der Waals surface area contributed by atoms with Crippen molar-refractivity contribution in [3.63, 3.8) is 0 Å². The smallest absolute Gasteiger partial charge is 0.191 e. The van der Waals surface area contributed by atoms with Crippen molar-refractivity contribution in [2.75, 3.05) is 33.7 Å². The number of nitrogens with zero attached hydrogens (tertiary/aromatic N) is 2. The van der Waals surface area contributed by atoms with E-state index in [9.17, 15) is 0 Å². The Morgan fingerprint density at radius 3 is 2.65 bits per heavy atom. The molecule has 1 fully saturated rings. The number of likely N-dealkylation sites (N-methyl/N-ethyl adjacent to an activating group) is 1. The Balaban J connectivity index is 0.00000264. The van der Waals surface area contributed by atoms with Gasteiger partial charge in [-0.05, 0) is 51.2 Å². The van der Waals surface area contributed by atoms with Crippen molar-refractivity contribution in [1.29, 1.82) is 0 Å². The lowest BCUT2D eigenvalue weighted by atomic mass is 10.1. The lowest BCUT2D eigenvalue weighted by Crippen LogP contribution is -2.41. The summed E-state index contributed by atoms with van der Waals surface area (Å²) in [5.74, 6) is 2.29. The molecule has 0 bridgehead atoms. The maximum absolute atomic E-state index is 4.81. The molecule has 0 radical (unpaired) electrons. The zero-order chi connectivity index (χ0) is 15.9. The van der Waals surface area contributed by atoms with Crippen LogP contribution in [0.2, 0.25) is 0 Å². The Labute approximate surface area is 162 Å². The highest BCUT2D eigenvalue weighted by molar-refractivity contribution is 14.0. The van der Waals surface area contributed by atoms with E-state index in [1.54, 1.807) is 0 Å². The summed E-state index contributed by atoms with van der Waals surface area (Å²) in [4.78, 5) is 8.55. The summed E-state index contributed by atoms with van der Waals surface area (Å²) in [5, 5.41) is 8.99. The first-order chi connectivity index (χ1) is 10.6. The largest absolute Gasteiger partial charge is 0.357 e. The first kappa shape index (κ1) is 20.7. The molecular weight excluding hydrogens is 419 g/mol. The van der Waals surface area contributed by atoms with Crippen LogP contribution in [0.25, 0.3) is 0 Å². The number of halogens is 1. The van der Waals surface area contributed by atoms with Crippen molar-refractivity contribution in [2.45, 2.75) is 38.6 Å². The van der Waals surface area contributed by atoms with Crippen LogP contribution in [-0.4, -0.2) is 50.6 Å². The van der Waals surface area contributed by atoms with Crippen LogP contribution in [0.1, 0.15) is 37.5 Å². The van der Waals surface area contributed by atoms with E-state index < -0.39 is 0 Å². The Hall–Kier alpha value is -0.340. The monoisotopic (exact) mass is 450 g/mol. The molecule has 2 unspecified atom stereocenters. The molecule has 0 saturated heterocycles. The summed E-state index contributed by atoms with van der Waals surface area (Å²) in [7, 11) is 4.33. The highest BCUT2D eigenvalue weighted by Gasteiger charge is 2.32. The van der Waals surface area contributed by atoms with E-state index in [0.717, 1.165) is 31.5 Å². The molecule has 1 aliphatic rings. The molecule has 1 saturated carbocycles. The molecule has 132 valence electrons. The van der Waals surface area contributed by atoms with Gasteiger partial charge in [0.2, 0.25) is 0 Å². The van der Waals surface area contributed by atoms with Crippen LogP contribution in [0.15, 0.2) is 22.5 Å². The SMILES string of the molecule is CCNC(=NCC(C1CC1)N(C)C)NCC(C)c1cccs1.I. The molecular formula is C17H31IN4S. The van der Waals surface area contributed by atoms with Crippen molar-refractivity contribution < 1.29 is 0 Å². The summed E-state index contributed by atoms with van der Waals surface area (Å²) < 4.78 is 0. The minimum Gasteiger partial charge on any atom is -0.357 e. The molecule has 6 heteroatoms. The van der Waals surface area contributed by atoms with E-state index in [2.05, 4.69) is 61.0 Å². The molecule has 1 aromatic rings. The van der Waals surface area contributed by atoms with E-state index in [0.29, 0.717) is 12.0 Å². The van der Waals surface area contributed by atoms with Crippen molar-refractivity contribution in [3.8, 4) is 0 Å². The van der Waals surface area contributed by atoms with Gasteiger partial charge in [0.05, 0.1) is 6.54 Å². The van der Waals surface area contributed by atoms with Crippen LogP contribution >= 0.6 is 35.3 Å². The first-order valence-corrected chi connectivity index (χ1v) is 9.21. The van der Waals surface area contributed by atoms with E-state index in [4.69, 9.17) is 4.99 Å². The van der Waals surface area contributed by atoms with E-state index in [1.165, 1.54) is 17.7 Å². The number of aliphatic imine (C=N–C) groups is 1. The molecule has 0 aromatic carbocycles. The predicted octanol–water partition coefficient (Wildman–Crippen LogP) is 3.36. The Morgan fingerprint density at radius 2 is 2.13 bits per heavy atom. The van der Waals surface area contributed by atoms with Gasteiger partial charge in [0.15, 0.2) is 5.96 Å². The number of hydrogen-bond donors (Lipinski definition) is 2. The van der Waals surface area contributed by atoms with Crippen molar-refractivity contribution in [3.05, 3.63) is 22.4 Å². The Bertz CT molecular complexity index is 455. The molecule has 2 N–H and O–H groups in total. The average Bonchev–Trinajstić information content (AvgIpc) is 3.16. The molecule has 0 aliphatic heterocycles. The molecule has 0 spiro atoms. The van der Waals surface area contributed by atoms with Gasteiger partial charge in [-0.2, -0.15) is 0 Å². The van der Waals surface area contributed by atoms with Gasteiger partial charge in [-0.3, -0.25) is 4.99 Å². The fraction of sp³-hybridized carbons (Fsp3) is 0.706. The number of rotatable bonds is 8. The molecule has 2 rings (SSSR count). The second-order valence-corrected chi connectivity index (χ2v) is 7.36. The summed E-state index contributed by atoms with van der Waals surface area (Å²) >= 11 is 1.82. The van der Waals surface area contributed by atoms with Gasteiger partial charge < -0.3 is 15.5 Å². The second-order valence-electron chi connectivity index (χ2n) is 6.39. The van der Waals surface area contributed by atoms with E-state index in [1.807, 2.05) is 11.3 Å². The van der Waals surface area contributed by atoms with Crippen LogP contribution in [0, 0.1) is 5.92 Å². The van der Waals surface area contributed by atoms with Gasteiger partial charge in [0.25, 0.3) is 0 Å². The maximum Gasteiger partial charge on any atom is 0.191 e. The van der Waals surface area contributed by atoms with Gasteiger partial charge >= 0.3 is 0 Å².